The Morgan fingerprint density at radius 1 is 1.53 bits per heavy atom. The van der Waals surface area contributed by atoms with Crippen LogP contribution in [0.3, 0.4) is 0 Å². The third-order valence-electron chi connectivity index (χ3n) is 2.60. The summed E-state index contributed by atoms with van der Waals surface area (Å²) in [5.41, 5.74) is 1.27. The van der Waals surface area contributed by atoms with E-state index in [9.17, 15) is 9.18 Å². The van der Waals surface area contributed by atoms with Gasteiger partial charge in [-0.15, -0.1) is 0 Å². The van der Waals surface area contributed by atoms with Gasteiger partial charge in [-0.3, -0.25) is 9.89 Å². The molecule has 0 aliphatic carbocycles. The highest BCUT2D eigenvalue weighted by Gasteiger charge is 2.09. The summed E-state index contributed by atoms with van der Waals surface area (Å²) in [7, 11) is 0. The Balaban J connectivity index is 1.97. The first kappa shape index (κ1) is 13.7. The Morgan fingerprint density at radius 2 is 2.32 bits per heavy atom. The van der Waals surface area contributed by atoms with Crippen LogP contribution in [0.1, 0.15) is 17.8 Å². The van der Waals surface area contributed by atoms with Crippen molar-refractivity contribution < 1.29 is 9.18 Å². The van der Waals surface area contributed by atoms with Crippen LogP contribution in [-0.4, -0.2) is 21.1 Å². The normalized spacial score (nSPS) is 10.5. The molecule has 0 spiro atoms. The first-order chi connectivity index (χ1) is 9.06. The molecule has 0 radical (unpaired) electrons. The van der Waals surface area contributed by atoms with Crippen LogP contribution in [0.4, 0.5) is 10.1 Å². The predicted octanol–water partition coefficient (Wildman–Crippen LogP) is 2.59. The number of nitrogens with one attached hydrogen (secondary N) is 2. The van der Waals surface area contributed by atoms with E-state index in [1.807, 2.05) is 0 Å². The Kier molecular flexibility index (Phi) is 4.26. The SMILES string of the molecule is Cc1cc(F)c(Br)cc1NC(=O)CCc1ncn[nH]1. The van der Waals surface area contributed by atoms with Crippen LogP contribution in [0.25, 0.3) is 0 Å². The number of aromatic nitrogens is 3. The summed E-state index contributed by atoms with van der Waals surface area (Å²) in [6.07, 6.45) is 2.16. The van der Waals surface area contributed by atoms with Crippen molar-refractivity contribution in [2.24, 2.45) is 0 Å². The average molecular weight is 327 g/mol. The highest BCUT2D eigenvalue weighted by atomic mass is 79.9. The smallest absolute Gasteiger partial charge is 0.224 e. The molecule has 2 rings (SSSR count). The van der Waals surface area contributed by atoms with E-state index >= 15 is 0 Å². The fourth-order valence-corrected chi connectivity index (χ4v) is 1.92. The topological polar surface area (TPSA) is 70.7 Å². The number of amides is 1. The Morgan fingerprint density at radius 3 is 3.00 bits per heavy atom. The Bertz CT molecular complexity index is 586. The van der Waals surface area contributed by atoms with Crippen molar-refractivity contribution in [1.82, 2.24) is 15.2 Å². The molecule has 0 unspecified atom stereocenters. The zero-order valence-corrected chi connectivity index (χ0v) is 11.8. The summed E-state index contributed by atoms with van der Waals surface area (Å²) in [5, 5.41) is 9.13. The van der Waals surface area contributed by atoms with Gasteiger partial charge in [0.25, 0.3) is 0 Å². The molecule has 100 valence electrons. The van der Waals surface area contributed by atoms with Gasteiger partial charge in [0, 0.05) is 18.5 Å². The average Bonchev–Trinajstić information content (AvgIpc) is 2.86. The number of hydrogen-bond donors (Lipinski definition) is 2. The van der Waals surface area contributed by atoms with Gasteiger partial charge in [0.1, 0.15) is 18.0 Å². The van der Waals surface area contributed by atoms with Crippen LogP contribution in [0, 0.1) is 12.7 Å². The lowest BCUT2D eigenvalue weighted by Gasteiger charge is -2.09. The summed E-state index contributed by atoms with van der Waals surface area (Å²) in [6.45, 7) is 1.74. The van der Waals surface area contributed by atoms with Gasteiger partial charge >= 0.3 is 0 Å². The lowest BCUT2D eigenvalue weighted by Crippen LogP contribution is -2.13. The molecule has 0 fully saturated rings. The molecule has 1 aromatic heterocycles. The molecule has 0 atom stereocenters. The minimum atomic E-state index is -0.350. The summed E-state index contributed by atoms with van der Waals surface area (Å²) in [6, 6.07) is 2.92. The van der Waals surface area contributed by atoms with Gasteiger partial charge in [0.15, 0.2) is 0 Å². The van der Waals surface area contributed by atoms with Gasteiger partial charge in [-0.2, -0.15) is 5.10 Å². The van der Waals surface area contributed by atoms with E-state index in [1.54, 1.807) is 13.0 Å². The maximum atomic E-state index is 13.3. The third-order valence-corrected chi connectivity index (χ3v) is 3.20. The van der Waals surface area contributed by atoms with Crippen molar-refractivity contribution in [1.29, 1.82) is 0 Å². The number of benzene rings is 1. The summed E-state index contributed by atoms with van der Waals surface area (Å²) >= 11 is 3.09. The molecular weight excluding hydrogens is 315 g/mol. The summed E-state index contributed by atoms with van der Waals surface area (Å²) in [5.74, 6) is 0.155. The van der Waals surface area contributed by atoms with E-state index < -0.39 is 0 Å². The van der Waals surface area contributed by atoms with Gasteiger partial charge in [-0.25, -0.2) is 9.37 Å². The maximum absolute atomic E-state index is 13.3. The molecule has 0 saturated carbocycles. The van der Waals surface area contributed by atoms with Gasteiger partial charge in [0.05, 0.1) is 4.47 Å². The Labute approximate surface area is 117 Å². The monoisotopic (exact) mass is 326 g/mol. The molecule has 1 amide bonds. The van der Waals surface area contributed by atoms with E-state index in [-0.39, 0.29) is 18.1 Å². The van der Waals surface area contributed by atoms with Gasteiger partial charge in [0.2, 0.25) is 5.91 Å². The molecule has 2 N–H and O–H groups in total. The van der Waals surface area contributed by atoms with Crippen LogP contribution in [-0.2, 0) is 11.2 Å². The van der Waals surface area contributed by atoms with E-state index in [1.165, 1.54) is 12.4 Å². The fraction of sp³-hybridized carbons (Fsp3) is 0.250. The predicted molar refractivity (Wildman–Crippen MR) is 72.2 cm³/mol. The van der Waals surface area contributed by atoms with Gasteiger partial charge in [-0.1, -0.05) is 0 Å². The van der Waals surface area contributed by atoms with Gasteiger partial charge < -0.3 is 5.32 Å². The third kappa shape index (κ3) is 3.60. The number of aromatic amines is 1. The number of rotatable bonds is 4. The van der Waals surface area contributed by atoms with Crippen LogP contribution >= 0.6 is 15.9 Å². The molecule has 0 aliphatic heterocycles. The molecule has 19 heavy (non-hydrogen) atoms. The Hall–Kier alpha value is -1.76. The highest BCUT2D eigenvalue weighted by Crippen LogP contribution is 2.24. The lowest BCUT2D eigenvalue weighted by molar-refractivity contribution is -0.116. The molecule has 0 saturated heterocycles. The van der Waals surface area contributed by atoms with E-state index in [4.69, 9.17) is 0 Å². The maximum Gasteiger partial charge on any atom is 0.224 e. The van der Waals surface area contributed by atoms with Crippen molar-refractivity contribution >= 4 is 27.5 Å². The molecule has 0 aliphatic rings. The minimum absolute atomic E-state index is 0.155. The lowest BCUT2D eigenvalue weighted by atomic mass is 10.2. The second kappa shape index (κ2) is 5.92. The number of aryl methyl sites for hydroxylation is 2. The molecule has 1 aromatic carbocycles. The molecule has 2 aromatic rings. The molecule has 7 heteroatoms. The van der Waals surface area contributed by atoms with E-state index in [0.717, 1.165) is 0 Å². The van der Waals surface area contributed by atoms with Crippen molar-refractivity contribution in [3.05, 3.63) is 40.1 Å². The number of halogens is 2. The summed E-state index contributed by atoms with van der Waals surface area (Å²) < 4.78 is 13.6. The summed E-state index contributed by atoms with van der Waals surface area (Å²) in [4.78, 5) is 15.7. The zero-order valence-electron chi connectivity index (χ0n) is 10.2. The first-order valence-electron chi connectivity index (χ1n) is 5.66. The largest absolute Gasteiger partial charge is 0.326 e. The van der Waals surface area contributed by atoms with Crippen LogP contribution in [0.2, 0.25) is 0 Å². The van der Waals surface area contributed by atoms with Crippen LogP contribution in [0.15, 0.2) is 22.9 Å². The van der Waals surface area contributed by atoms with Crippen molar-refractivity contribution in [2.75, 3.05) is 5.32 Å². The van der Waals surface area contributed by atoms with Crippen LogP contribution < -0.4 is 5.32 Å². The van der Waals surface area contributed by atoms with E-state index in [2.05, 4.69) is 36.4 Å². The highest BCUT2D eigenvalue weighted by molar-refractivity contribution is 9.10. The standard InChI is InChI=1S/C12H12BrFN4O/c1-7-4-9(14)8(13)5-10(7)17-12(19)3-2-11-15-6-16-18-11/h4-6H,2-3H2,1H3,(H,17,19)(H,15,16,18). The zero-order chi connectivity index (χ0) is 13.8. The van der Waals surface area contributed by atoms with Crippen molar-refractivity contribution in [3.63, 3.8) is 0 Å². The minimum Gasteiger partial charge on any atom is -0.326 e. The first-order valence-corrected chi connectivity index (χ1v) is 6.45. The van der Waals surface area contributed by atoms with Crippen molar-refractivity contribution in [3.8, 4) is 0 Å². The molecule has 1 heterocycles. The second-order valence-electron chi connectivity index (χ2n) is 4.06. The molecular formula is C12H12BrFN4O. The van der Waals surface area contributed by atoms with Crippen molar-refractivity contribution in [2.45, 2.75) is 19.8 Å². The number of anilines is 1. The fourth-order valence-electron chi connectivity index (χ4n) is 1.58. The number of nitrogens with zero attached hydrogens (tertiary/aromatic N) is 2. The number of carbonyl (C=O) groups is 1. The quantitative estimate of drug-likeness (QED) is 0.907. The van der Waals surface area contributed by atoms with E-state index in [0.29, 0.717) is 28.0 Å². The molecule has 0 bridgehead atoms. The van der Waals surface area contributed by atoms with Crippen LogP contribution in [0.5, 0.6) is 0 Å². The number of hydrogen-bond acceptors (Lipinski definition) is 3. The molecule has 5 nitrogen and oxygen atoms in total. The second-order valence-corrected chi connectivity index (χ2v) is 4.92. The van der Waals surface area contributed by atoms with Gasteiger partial charge in [-0.05, 0) is 40.5 Å². The number of H-pyrrole nitrogens is 1. The number of carbonyl (C=O) groups excluding carboxylic acids is 1.